The fraction of sp³-hybridized carbons (Fsp3) is 0.481. The van der Waals surface area contributed by atoms with Crippen LogP contribution in [0.1, 0.15) is 37.7 Å². The fourth-order valence-electron chi connectivity index (χ4n) is 4.94. The molecule has 0 unspecified atom stereocenters. The number of fused-ring (bicyclic) bond motifs is 1. The number of aryl methyl sites for hydroxylation is 1. The van der Waals surface area contributed by atoms with E-state index in [0.29, 0.717) is 32.1 Å². The maximum absolute atomic E-state index is 12.6. The summed E-state index contributed by atoms with van der Waals surface area (Å²) >= 11 is 0. The number of alkyl halides is 3. The number of ether oxygens (including phenoxy) is 3. The van der Waals surface area contributed by atoms with Crippen molar-refractivity contribution in [1.82, 2.24) is 14.5 Å². The van der Waals surface area contributed by atoms with Crippen molar-refractivity contribution in [3.8, 4) is 17.6 Å². The molecule has 1 fully saturated rings. The lowest BCUT2D eigenvalue weighted by Crippen LogP contribution is -2.33. The van der Waals surface area contributed by atoms with Gasteiger partial charge in [-0.3, -0.25) is 4.57 Å². The fourth-order valence-corrected chi connectivity index (χ4v) is 4.94. The maximum atomic E-state index is 12.6. The maximum Gasteiger partial charge on any atom is 0.417 e. The summed E-state index contributed by atoms with van der Waals surface area (Å²) in [6.07, 6.45) is 2.16. The van der Waals surface area contributed by atoms with Crippen LogP contribution in [0.3, 0.4) is 0 Å². The Kier molecular flexibility index (Phi) is 8.27. The van der Waals surface area contributed by atoms with Gasteiger partial charge >= 0.3 is 18.0 Å². The van der Waals surface area contributed by atoms with E-state index in [1.165, 1.54) is 12.3 Å². The van der Waals surface area contributed by atoms with Crippen molar-refractivity contribution >= 4 is 11.5 Å². The zero-order valence-electron chi connectivity index (χ0n) is 21.8. The molecule has 0 amide bonds. The van der Waals surface area contributed by atoms with E-state index in [2.05, 4.69) is 14.9 Å². The van der Waals surface area contributed by atoms with Gasteiger partial charge in [-0.05, 0) is 66.9 Å². The number of benzene rings is 1. The number of hydrogen-bond acceptors (Lipinski definition) is 8. The molecule has 0 spiro atoms. The van der Waals surface area contributed by atoms with Crippen LogP contribution < -0.4 is 19.1 Å². The molecule has 2 aliphatic rings. The first-order chi connectivity index (χ1) is 19.2. The lowest BCUT2D eigenvalue weighted by Gasteiger charge is -2.33. The summed E-state index contributed by atoms with van der Waals surface area (Å²) < 4.78 is 56.7. The minimum atomic E-state index is -4.40. The number of hydrogen-bond donors (Lipinski definition) is 0. The molecule has 40 heavy (non-hydrogen) atoms. The number of nitro groups is 1. The Hall–Kier alpha value is -4.03. The molecule has 2 aromatic heterocycles. The molecular weight excluding hydrogens is 531 g/mol. The number of aromatic nitrogens is 3. The lowest BCUT2D eigenvalue weighted by molar-refractivity contribution is -0.389. The van der Waals surface area contributed by atoms with Crippen LogP contribution in [0.4, 0.5) is 24.7 Å². The molecule has 3 aromatic rings. The summed E-state index contributed by atoms with van der Waals surface area (Å²) in [4.78, 5) is 20.4. The average Bonchev–Trinajstić information content (AvgIpc) is 3.39. The van der Waals surface area contributed by atoms with Crippen LogP contribution in [-0.2, 0) is 12.7 Å². The van der Waals surface area contributed by atoms with Gasteiger partial charge in [-0.1, -0.05) is 0 Å². The van der Waals surface area contributed by atoms with Gasteiger partial charge in [0.15, 0.2) is 0 Å². The second-order valence-electron chi connectivity index (χ2n) is 9.97. The SMILES string of the molecule is O=[N+]([O-])c1cn2c(n1)O[C@@H](COc1ccc(N3CCC(CCCOc4ccc(C(F)(F)F)cn4)CC3)cc1)CC2. The number of piperidine rings is 1. The van der Waals surface area contributed by atoms with Crippen LogP contribution in [0.5, 0.6) is 17.6 Å². The smallest absolute Gasteiger partial charge is 0.417 e. The van der Waals surface area contributed by atoms with E-state index in [4.69, 9.17) is 14.2 Å². The minimum absolute atomic E-state index is 0.208. The Balaban J connectivity index is 0.992. The van der Waals surface area contributed by atoms with E-state index in [-0.39, 0.29) is 23.8 Å². The summed E-state index contributed by atoms with van der Waals surface area (Å²) in [7, 11) is 0. The minimum Gasteiger partial charge on any atom is -0.490 e. The first-order valence-corrected chi connectivity index (χ1v) is 13.3. The Morgan fingerprint density at radius 2 is 1.82 bits per heavy atom. The van der Waals surface area contributed by atoms with Crippen molar-refractivity contribution < 1.29 is 32.3 Å². The van der Waals surface area contributed by atoms with Gasteiger partial charge in [0, 0.05) is 49.0 Å². The molecule has 0 saturated carbocycles. The monoisotopic (exact) mass is 561 g/mol. The third kappa shape index (κ3) is 6.93. The molecule has 1 saturated heterocycles. The lowest BCUT2D eigenvalue weighted by atomic mass is 9.92. The topological polar surface area (TPSA) is 105 Å². The van der Waals surface area contributed by atoms with E-state index in [1.54, 1.807) is 4.57 Å². The van der Waals surface area contributed by atoms with Crippen molar-refractivity contribution in [2.75, 3.05) is 31.2 Å². The zero-order chi connectivity index (χ0) is 28.1. The number of nitrogens with zero attached hydrogens (tertiary/aromatic N) is 5. The van der Waals surface area contributed by atoms with Crippen molar-refractivity contribution in [3.63, 3.8) is 0 Å². The average molecular weight is 562 g/mol. The Morgan fingerprint density at radius 1 is 1.05 bits per heavy atom. The van der Waals surface area contributed by atoms with Crippen LogP contribution in [0.2, 0.25) is 0 Å². The summed E-state index contributed by atoms with van der Waals surface area (Å²) in [5, 5.41) is 10.9. The van der Waals surface area contributed by atoms with Crippen molar-refractivity contribution in [2.24, 2.45) is 5.92 Å². The molecule has 214 valence electrons. The summed E-state index contributed by atoms with van der Waals surface area (Å²) in [5.74, 6) is 1.29. The van der Waals surface area contributed by atoms with Gasteiger partial charge in [0.25, 0.3) is 0 Å². The molecule has 0 bridgehead atoms. The summed E-state index contributed by atoms with van der Waals surface area (Å²) in [6.45, 7) is 3.23. The summed E-state index contributed by atoms with van der Waals surface area (Å²) in [5.41, 5.74) is 0.347. The normalized spacial score (nSPS) is 17.7. The Morgan fingerprint density at radius 3 is 2.50 bits per heavy atom. The molecule has 0 N–H and O–H groups in total. The Labute approximate surface area is 228 Å². The van der Waals surface area contributed by atoms with E-state index in [9.17, 15) is 23.3 Å². The molecule has 2 aliphatic heterocycles. The second-order valence-corrected chi connectivity index (χ2v) is 9.97. The van der Waals surface area contributed by atoms with E-state index in [1.807, 2.05) is 24.3 Å². The third-order valence-corrected chi connectivity index (χ3v) is 7.20. The molecule has 5 rings (SSSR count). The van der Waals surface area contributed by atoms with Crippen molar-refractivity contribution in [1.29, 1.82) is 0 Å². The molecule has 13 heteroatoms. The standard InChI is InChI=1S/C27H30F3N5O5/c28-27(29,30)20-3-8-25(31-16-20)38-15-1-2-19-9-12-33(13-10-19)21-4-6-22(7-5-21)39-18-23-11-14-34-17-24(35(36)37)32-26(34)40-23/h3-8,16-17,19,23H,1-2,9-15,18H2/t23-/m1/s1. The van der Waals surface area contributed by atoms with Gasteiger partial charge in [0.1, 0.15) is 24.7 Å². The first kappa shape index (κ1) is 27.5. The number of imidazole rings is 1. The number of rotatable bonds is 10. The predicted octanol–water partition coefficient (Wildman–Crippen LogP) is 5.51. The van der Waals surface area contributed by atoms with Gasteiger partial charge < -0.3 is 29.2 Å². The highest BCUT2D eigenvalue weighted by atomic mass is 19.4. The highest BCUT2D eigenvalue weighted by Crippen LogP contribution is 2.30. The highest BCUT2D eigenvalue weighted by molar-refractivity contribution is 5.49. The van der Waals surface area contributed by atoms with Gasteiger partial charge in [-0.15, -0.1) is 0 Å². The highest BCUT2D eigenvalue weighted by Gasteiger charge is 2.31. The van der Waals surface area contributed by atoms with Gasteiger partial charge in [0.05, 0.1) is 12.2 Å². The Bertz CT molecular complexity index is 1280. The molecule has 1 aromatic carbocycles. The van der Waals surface area contributed by atoms with Crippen LogP contribution in [-0.4, -0.2) is 51.9 Å². The number of pyridine rings is 1. The van der Waals surface area contributed by atoms with Crippen molar-refractivity contribution in [3.05, 3.63) is 64.5 Å². The number of halogens is 3. The largest absolute Gasteiger partial charge is 0.490 e. The van der Waals surface area contributed by atoms with Gasteiger partial charge in [0.2, 0.25) is 5.88 Å². The van der Waals surface area contributed by atoms with Gasteiger partial charge in [-0.25, -0.2) is 4.98 Å². The van der Waals surface area contributed by atoms with Crippen LogP contribution >= 0.6 is 0 Å². The van der Waals surface area contributed by atoms with Gasteiger partial charge in [-0.2, -0.15) is 13.2 Å². The zero-order valence-corrected chi connectivity index (χ0v) is 21.8. The molecule has 0 aliphatic carbocycles. The van der Waals surface area contributed by atoms with Crippen LogP contribution in [0.25, 0.3) is 0 Å². The summed E-state index contributed by atoms with van der Waals surface area (Å²) in [6, 6.07) is 10.4. The van der Waals surface area contributed by atoms with E-state index >= 15 is 0 Å². The molecule has 0 radical (unpaired) electrons. The quantitative estimate of drug-likeness (QED) is 0.181. The molecule has 10 nitrogen and oxygen atoms in total. The molecular formula is C27H30F3N5O5. The second kappa shape index (κ2) is 12.0. The third-order valence-electron chi connectivity index (χ3n) is 7.20. The van der Waals surface area contributed by atoms with Crippen molar-refractivity contribution in [2.45, 2.75) is 50.9 Å². The molecule has 1 atom stereocenters. The molecule has 4 heterocycles. The van der Waals surface area contributed by atoms with E-state index in [0.717, 1.165) is 62.5 Å². The van der Waals surface area contributed by atoms with Crippen LogP contribution in [0.15, 0.2) is 48.8 Å². The first-order valence-electron chi connectivity index (χ1n) is 13.3. The predicted molar refractivity (Wildman–Crippen MR) is 139 cm³/mol. The van der Waals surface area contributed by atoms with Crippen LogP contribution in [0, 0.1) is 16.0 Å². The van der Waals surface area contributed by atoms with E-state index < -0.39 is 16.7 Å². The number of anilines is 1.